The van der Waals surface area contributed by atoms with Gasteiger partial charge in [0.25, 0.3) is 0 Å². The maximum absolute atomic E-state index is 5.57. The van der Waals surface area contributed by atoms with E-state index in [-0.39, 0.29) is 6.04 Å². The summed E-state index contributed by atoms with van der Waals surface area (Å²) >= 11 is 0. The second kappa shape index (κ2) is 8.88. The molecule has 0 bridgehead atoms. The van der Waals surface area contributed by atoms with Gasteiger partial charge in [0, 0.05) is 12.6 Å². The number of hydrogen-bond acceptors (Lipinski definition) is 4. The molecule has 1 atom stereocenters. The summed E-state index contributed by atoms with van der Waals surface area (Å²) in [5.74, 6) is 1.36. The van der Waals surface area contributed by atoms with Gasteiger partial charge >= 0.3 is 0 Å². The van der Waals surface area contributed by atoms with Crippen molar-refractivity contribution in [3.8, 4) is 5.75 Å². The van der Waals surface area contributed by atoms with Crippen molar-refractivity contribution in [2.24, 2.45) is 5.92 Å². The standard InChI is InChI=1S/C15H26N2O2/c1-5-16-13(4)15-7-6-14(10-17-15)19-9-8-18-11-12(2)3/h6-7,10,12-13,16H,5,8-9,11H2,1-4H3. The zero-order valence-electron chi connectivity index (χ0n) is 12.5. The summed E-state index contributed by atoms with van der Waals surface area (Å²) in [6.45, 7) is 11.4. The molecule has 1 aromatic rings. The van der Waals surface area contributed by atoms with Gasteiger partial charge in [-0.3, -0.25) is 4.98 Å². The molecule has 0 saturated heterocycles. The second-order valence-corrected chi connectivity index (χ2v) is 5.02. The molecule has 1 N–H and O–H groups in total. The Morgan fingerprint density at radius 2 is 2.00 bits per heavy atom. The van der Waals surface area contributed by atoms with Crippen molar-refractivity contribution in [1.82, 2.24) is 10.3 Å². The van der Waals surface area contributed by atoms with E-state index in [0.29, 0.717) is 19.1 Å². The Hall–Kier alpha value is -1.13. The minimum Gasteiger partial charge on any atom is -0.490 e. The third-order valence-corrected chi connectivity index (χ3v) is 2.66. The van der Waals surface area contributed by atoms with Crippen LogP contribution in [0, 0.1) is 5.92 Å². The van der Waals surface area contributed by atoms with Crippen LogP contribution in [-0.4, -0.2) is 31.3 Å². The lowest BCUT2D eigenvalue weighted by Gasteiger charge is -2.12. The molecule has 0 spiro atoms. The molecule has 0 amide bonds. The van der Waals surface area contributed by atoms with Gasteiger partial charge in [0.15, 0.2) is 0 Å². The van der Waals surface area contributed by atoms with E-state index in [1.165, 1.54) is 0 Å². The van der Waals surface area contributed by atoms with Gasteiger partial charge in [-0.1, -0.05) is 20.8 Å². The molecule has 0 aliphatic heterocycles. The van der Waals surface area contributed by atoms with E-state index in [1.807, 2.05) is 12.1 Å². The molecular weight excluding hydrogens is 240 g/mol. The monoisotopic (exact) mass is 266 g/mol. The topological polar surface area (TPSA) is 43.4 Å². The highest BCUT2D eigenvalue weighted by Crippen LogP contribution is 2.14. The first kappa shape index (κ1) is 15.9. The van der Waals surface area contributed by atoms with Gasteiger partial charge in [0.2, 0.25) is 0 Å². The van der Waals surface area contributed by atoms with E-state index >= 15 is 0 Å². The van der Waals surface area contributed by atoms with Crippen LogP contribution >= 0.6 is 0 Å². The molecule has 0 radical (unpaired) electrons. The van der Waals surface area contributed by atoms with Crippen LogP contribution in [0.25, 0.3) is 0 Å². The molecule has 4 heteroatoms. The lowest BCUT2D eigenvalue weighted by Crippen LogP contribution is -2.18. The summed E-state index contributed by atoms with van der Waals surface area (Å²) < 4.78 is 11.0. The molecule has 0 aliphatic rings. The highest BCUT2D eigenvalue weighted by atomic mass is 16.5. The van der Waals surface area contributed by atoms with Gasteiger partial charge in [-0.15, -0.1) is 0 Å². The van der Waals surface area contributed by atoms with Crippen LogP contribution in [0.5, 0.6) is 5.75 Å². The molecule has 4 nitrogen and oxygen atoms in total. The summed E-state index contributed by atoms with van der Waals surface area (Å²) in [5, 5.41) is 3.33. The van der Waals surface area contributed by atoms with E-state index in [9.17, 15) is 0 Å². The quantitative estimate of drug-likeness (QED) is 0.698. The third-order valence-electron chi connectivity index (χ3n) is 2.66. The number of nitrogens with one attached hydrogen (secondary N) is 1. The molecule has 0 saturated carbocycles. The molecule has 108 valence electrons. The number of nitrogens with zero attached hydrogens (tertiary/aromatic N) is 1. The smallest absolute Gasteiger partial charge is 0.137 e. The van der Waals surface area contributed by atoms with Crippen LogP contribution in [0.3, 0.4) is 0 Å². The summed E-state index contributed by atoms with van der Waals surface area (Å²) in [7, 11) is 0. The van der Waals surface area contributed by atoms with Gasteiger partial charge in [0.05, 0.1) is 18.5 Å². The minimum atomic E-state index is 0.272. The fraction of sp³-hybridized carbons (Fsp3) is 0.667. The summed E-state index contributed by atoms with van der Waals surface area (Å²) in [6.07, 6.45) is 1.77. The Bertz CT molecular complexity index is 339. The first-order valence-corrected chi connectivity index (χ1v) is 7.03. The van der Waals surface area contributed by atoms with Gasteiger partial charge in [-0.05, 0) is 31.5 Å². The predicted octanol–water partition coefficient (Wildman–Crippen LogP) is 2.80. The average Bonchev–Trinajstić information content (AvgIpc) is 2.39. The van der Waals surface area contributed by atoms with E-state index in [4.69, 9.17) is 9.47 Å². The number of aromatic nitrogens is 1. The Morgan fingerprint density at radius 1 is 1.21 bits per heavy atom. The molecule has 0 fully saturated rings. The van der Waals surface area contributed by atoms with E-state index in [1.54, 1.807) is 6.20 Å². The number of ether oxygens (including phenoxy) is 2. The van der Waals surface area contributed by atoms with Crippen LogP contribution in [0.2, 0.25) is 0 Å². The average molecular weight is 266 g/mol. The highest BCUT2D eigenvalue weighted by molar-refractivity contribution is 5.21. The van der Waals surface area contributed by atoms with Crippen molar-refractivity contribution in [3.63, 3.8) is 0 Å². The molecular formula is C15H26N2O2. The van der Waals surface area contributed by atoms with Crippen LogP contribution in [-0.2, 0) is 4.74 Å². The Morgan fingerprint density at radius 3 is 2.58 bits per heavy atom. The summed E-state index contributed by atoms with van der Waals surface area (Å²) in [4.78, 5) is 4.40. The maximum Gasteiger partial charge on any atom is 0.137 e. The van der Waals surface area contributed by atoms with E-state index < -0.39 is 0 Å². The Kier molecular flexibility index (Phi) is 7.45. The van der Waals surface area contributed by atoms with Gasteiger partial charge < -0.3 is 14.8 Å². The summed E-state index contributed by atoms with van der Waals surface area (Å²) in [6, 6.07) is 4.23. The highest BCUT2D eigenvalue weighted by Gasteiger charge is 2.05. The third kappa shape index (κ3) is 6.55. The Labute approximate surface area is 116 Å². The fourth-order valence-electron chi connectivity index (χ4n) is 1.68. The van der Waals surface area contributed by atoms with E-state index in [2.05, 4.69) is 38.0 Å². The number of rotatable bonds is 9. The normalized spacial score (nSPS) is 12.7. The molecule has 0 aliphatic carbocycles. The SMILES string of the molecule is CCNC(C)c1ccc(OCCOCC(C)C)cn1. The van der Waals surface area contributed by atoms with Crippen LogP contribution < -0.4 is 10.1 Å². The van der Waals surface area contributed by atoms with Gasteiger partial charge in [0.1, 0.15) is 12.4 Å². The molecule has 1 rings (SSSR count). The number of hydrogen-bond donors (Lipinski definition) is 1. The Balaban J connectivity index is 2.28. The van der Waals surface area contributed by atoms with Gasteiger partial charge in [-0.25, -0.2) is 0 Å². The molecule has 1 unspecified atom stereocenters. The van der Waals surface area contributed by atoms with Crippen molar-refractivity contribution in [2.45, 2.75) is 33.7 Å². The predicted molar refractivity (Wildman–Crippen MR) is 77.5 cm³/mol. The minimum absolute atomic E-state index is 0.272. The van der Waals surface area contributed by atoms with E-state index in [0.717, 1.165) is 24.6 Å². The van der Waals surface area contributed by atoms with Crippen molar-refractivity contribution in [3.05, 3.63) is 24.0 Å². The zero-order chi connectivity index (χ0) is 14.1. The largest absolute Gasteiger partial charge is 0.490 e. The molecule has 0 aromatic carbocycles. The fourth-order valence-corrected chi connectivity index (χ4v) is 1.68. The lowest BCUT2D eigenvalue weighted by molar-refractivity contribution is 0.0818. The van der Waals surface area contributed by atoms with Gasteiger partial charge in [-0.2, -0.15) is 0 Å². The van der Waals surface area contributed by atoms with Crippen molar-refractivity contribution in [1.29, 1.82) is 0 Å². The first-order valence-electron chi connectivity index (χ1n) is 7.03. The maximum atomic E-state index is 5.57. The molecule has 1 aromatic heterocycles. The molecule has 19 heavy (non-hydrogen) atoms. The van der Waals surface area contributed by atoms with Crippen molar-refractivity contribution in [2.75, 3.05) is 26.4 Å². The van der Waals surface area contributed by atoms with Crippen LogP contribution in [0.1, 0.15) is 39.4 Å². The first-order chi connectivity index (χ1) is 9.13. The van der Waals surface area contributed by atoms with Crippen LogP contribution in [0.4, 0.5) is 0 Å². The molecule has 1 heterocycles. The summed E-state index contributed by atoms with van der Waals surface area (Å²) in [5.41, 5.74) is 1.03. The van der Waals surface area contributed by atoms with Crippen LogP contribution in [0.15, 0.2) is 18.3 Å². The zero-order valence-corrected chi connectivity index (χ0v) is 12.5. The second-order valence-electron chi connectivity index (χ2n) is 5.02. The van der Waals surface area contributed by atoms with Crippen molar-refractivity contribution < 1.29 is 9.47 Å². The lowest BCUT2D eigenvalue weighted by atomic mass is 10.2. The number of pyridine rings is 1. The van der Waals surface area contributed by atoms with Crippen molar-refractivity contribution >= 4 is 0 Å².